The van der Waals surface area contributed by atoms with Gasteiger partial charge in [-0.2, -0.15) is 0 Å². The van der Waals surface area contributed by atoms with E-state index in [1.807, 2.05) is 47.0 Å². The molecule has 1 saturated carbocycles. The van der Waals surface area contributed by atoms with E-state index >= 15 is 0 Å². The minimum absolute atomic E-state index is 0.0684. The van der Waals surface area contributed by atoms with Gasteiger partial charge in [0.1, 0.15) is 6.10 Å². The first-order valence-electron chi connectivity index (χ1n) is 8.90. The Labute approximate surface area is 147 Å². The van der Waals surface area contributed by atoms with Gasteiger partial charge in [-0.15, -0.1) is 6.58 Å². The molecule has 3 atom stereocenters. The van der Waals surface area contributed by atoms with Gasteiger partial charge in [0.05, 0.1) is 30.9 Å². The van der Waals surface area contributed by atoms with Gasteiger partial charge in [0, 0.05) is 30.7 Å². The summed E-state index contributed by atoms with van der Waals surface area (Å²) in [5, 5.41) is 0.998. The Morgan fingerprint density at radius 1 is 1.40 bits per heavy atom. The van der Waals surface area contributed by atoms with E-state index in [-0.39, 0.29) is 24.2 Å². The lowest BCUT2D eigenvalue weighted by atomic mass is 10.1. The number of hydrogen-bond donors (Lipinski definition) is 0. The number of carbonyl (C=O) groups excluding carboxylic acids is 1. The summed E-state index contributed by atoms with van der Waals surface area (Å²) < 4.78 is 13.9. The van der Waals surface area contributed by atoms with Crippen LogP contribution >= 0.6 is 0 Å². The highest BCUT2D eigenvalue weighted by Gasteiger charge is 2.45. The van der Waals surface area contributed by atoms with Crippen LogP contribution in [0.15, 0.2) is 43.1 Å². The largest absolute Gasteiger partial charge is 0.374 e. The zero-order valence-electron chi connectivity index (χ0n) is 14.6. The lowest BCUT2D eigenvalue weighted by Gasteiger charge is -2.31. The zero-order chi connectivity index (χ0) is 17.4. The SMILES string of the molecule is C=CCO[C@@H]1[C@H]2CC[C@H]1OCCN2C(=O)c1cn(C)c2ccccc12. The van der Waals surface area contributed by atoms with Crippen LogP contribution in [0.2, 0.25) is 0 Å². The second kappa shape index (κ2) is 6.65. The Morgan fingerprint density at radius 2 is 2.24 bits per heavy atom. The lowest BCUT2D eigenvalue weighted by molar-refractivity contribution is -0.0434. The predicted molar refractivity (Wildman–Crippen MR) is 96.7 cm³/mol. The molecule has 2 fully saturated rings. The summed E-state index contributed by atoms with van der Waals surface area (Å²) in [7, 11) is 1.98. The number of ether oxygens (including phenoxy) is 2. The second-order valence-electron chi connectivity index (χ2n) is 6.81. The van der Waals surface area contributed by atoms with Crippen molar-refractivity contribution in [3.05, 3.63) is 48.7 Å². The number of rotatable bonds is 4. The standard InChI is InChI=1S/C20H24N2O3/c1-3-11-25-19-17-8-9-18(19)24-12-10-22(17)20(23)15-13-21(2)16-7-5-4-6-14(15)16/h3-7,13,17-19H,1,8-12H2,2H3/t17-,18-,19-/m1/s1. The fourth-order valence-corrected chi connectivity index (χ4v) is 4.21. The molecule has 0 radical (unpaired) electrons. The molecule has 2 aromatic rings. The van der Waals surface area contributed by atoms with Crippen LogP contribution in [0.3, 0.4) is 0 Å². The first-order valence-corrected chi connectivity index (χ1v) is 8.90. The Morgan fingerprint density at radius 3 is 3.08 bits per heavy atom. The molecule has 1 saturated heterocycles. The number of hydrogen-bond acceptors (Lipinski definition) is 3. The smallest absolute Gasteiger partial charge is 0.256 e. The third-order valence-electron chi connectivity index (χ3n) is 5.35. The number of benzene rings is 1. The van der Waals surface area contributed by atoms with Gasteiger partial charge in [0.15, 0.2) is 0 Å². The van der Waals surface area contributed by atoms with Gasteiger partial charge in [-0.25, -0.2) is 0 Å². The quantitative estimate of drug-likeness (QED) is 0.804. The molecule has 2 bridgehead atoms. The van der Waals surface area contributed by atoms with Crippen molar-refractivity contribution in [2.45, 2.75) is 31.1 Å². The normalized spacial score (nSPS) is 26.0. The molecule has 0 spiro atoms. The van der Waals surface area contributed by atoms with Crippen molar-refractivity contribution >= 4 is 16.8 Å². The molecule has 4 rings (SSSR count). The number of amides is 1. The number of para-hydroxylation sites is 1. The molecule has 2 aliphatic rings. The number of fused-ring (bicyclic) bond motifs is 3. The number of aryl methyl sites for hydroxylation is 1. The Balaban J connectivity index is 1.67. The topological polar surface area (TPSA) is 43.7 Å². The van der Waals surface area contributed by atoms with E-state index in [4.69, 9.17) is 9.47 Å². The molecule has 5 nitrogen and oxygen atoms in total. The molecule has 1 aliphatic heterocycles. The summed E-state index contributed by atoms with van der Waals surface area (Å²) in [6.07, 6.45) is 5.55. The molecule has 132 valence electrons. The van der Waals surface area contributed by atoms with Gasteiger partial charge in [0.25, 0.3) is 5.91 Å². The molecule has 1 aromatic heterocycles. The number of aromatic nitrogens is 1. The third kappa shape index (κ3) is 2.77. The molecular formula is C20H24N2O3. The fourth-order valence-electron chi connectivity index (χ4n) is 4.21. The highest BCUT2D eigenvalue weighted by atomic mass is 16.5. The monoisotopic (exact) mass is 340 g/mol. The van der Waals surface area contributed by atoms with Gasteiger partial charge in [0.2, 0.25) is 0 Å². The van der Waals surface area contributed by atoms with Crippen LogP contribution < -0.4 is 0 Å². The van der Waals surface area contributed by atoms with Crippen molar-refractivity contribution < 1.29 is 14.3 Å². The molecule has 1 amide bonds. The Bertz CT molecular complexity index is 797. The van der Waals surface area contributed by atoms with Crippen molar-refractivity contribution in [2.75, 3.05) is 19.8 Å². The van der Waals surface area contributed by atoms with Crippen LogP contribution in [0, 0.1) is 0 Å². The fraction of sp³-hybridized carbons (Fsp3) is 0.450. The predicted octanol–water partition coefficient (Wildman–Crippen LogP) is 2.75. The van der Waals surface area contributed by atoms with E-state index in [2.05, 4.69) is 6.58 Å². The van der Waals surface area contributed by atoms with E-state index in [1.165, 1.54) is 0 Å². The number of carbonyl (C=O) groups is 1. The highest BCUT2D eigenvalue weighted by molar-refractivity contribution is 6.07. The van der Waals surface area contributed by atoms with Crippen LogP contribution in [0.4, 0.5) is 0 Å². The molecule has 2 heterocycles. The van der Waals surface area contributed by atoms with Crippen molar-refractivity contribution in [1.29, 1.82) is 0 Å². The molecule has 0 N–H and O–H groups in total. The van der Waals surface area contributed by atoms with Crippen LogP contribution in [-0.4, -0.2) is 53.4 Å². The van der Waals surface area contributed by atoms with Crippen molar-refractivity contribution in [3.63, 3.8) is 0 Å². The lowest BCUT2D eigenvalue weighted by Crippen LogP contribution is -2.46. The average molecular weight is 340 g/mol. The van der Waals surface area contributed by atoms with Gasteiger partial charge in [-0.05, 0) is 18.9 Å². The minimum atomic E-state index is -0.0700. The van der Waals surface area contributed by atoms with Crippen LogP contribution in [0.5, 0.6) is 0 Å². The van der Waals surface area contributed by atoms with Crippen LogP contribution in [-0.2, 0) is 16.5 Å². The summed E-state index contributed by atoms with van der Waals surface area (Å²) >= 11 is 0. The maximum Gasteiger partial charge on any atom is 0.256 e. The molecule has 25 heavy (non-hydrogen) atoms. The maximum absolute atomic E-state index is 13.4. The Hall–Kier alpha value is -2.11. The summed E-state index contributed by atoms with van der Waals surface area (Å²) in [5.74, 6) is 0.0696. The van der Waals surface area contributed by atoms with Crippen molar-refractivity contribution in [3.8, 4) is 0 Å². The van der Waals surface area contributed by atoms with Gasteiger partial charge < -0.3 is 18.9 Å². The van der Waals surface area contributed by atoms with E-state index in [0.29, 0.717) is 19.8 Å². The Kier molecular flexibility index (Phi) is 4.36. The minimum Gasteiger partial charge on any atom is -0.374 e. The van der Waals surface area contributed by atoms with Gasteiger partial charge in [-0.3, -0.25) is 4.79 Å². The highest BCUT2D eigenvalue weighted by Crippen LogP contribution is 2.33. The van der Waals surface area contributed by atoms with Crippen molar-refractivity contribution in [2.24, 2.45) is 7.05 Å². The summed E-state index contributed by atoms with van der Waals surface area (Å²) in [5.41, 5.74) is 1.83. The third-order valence-corrected chi connectivity index (χ3v) is 5.35. The zero-order valence-corrected chi connectivity index (χ0v) is 14.6. The van der Waals surface area contributed by atoms with Gasteiger partial charge in [-0.1, -0.05) is 24.3 Å². The summed E-state index contributed by atoms with van der Waals surface area (Å²) in [6, 6.07) is 8.10. The molecule has 1 aliphatic carbocycles. The molecule has 1 aromatic carbocycles. The van der Waals surface area contributed by atoms with Crippen LogP contribution in [0.25, 0.3) is 10.9 Å². The maximum atomic E-state index is 13.4. The molecular weight excluding hydrogens is 316 g/mol. The van der Waals surface area contributed by atoms with Gasteiger partial charge >= 0.3 is 0 Å². The van der Waals surface area contributed by atoms with Crippen molar-refractivity contribution in [1.82, 2.24) is 9.47 Å². The van der Waals surface area contributed by atoms with E-state index in [0.717, 1.165) is 29.3 Å². The molecule has 5 heteroatoms. The first kappa shape index (κ1) is 16.4. The van der Waals surface area contributed by atoms with E-state index in [9.17, 15) is 4.79 Å². The van der Waals surface area contributed by atoms with Crippen LogP contribution in [0.1, 0.15) is 23.2 Å². The molecule has 0 unspecified atom stereocenters. The second-order valence-corrected chi connectivity index (χ2v) is 6.81. The average Bonchev–Trinajstić information content (AvgIpc) is 3.10. The summed E-state index contributed by atoms with van der Waals surface area (Å²) in [6.45, 7) is 5.38. The number of nitrogens with zero attached hydrogens (tertiary/aromatic N) is 2. The summed E-state index contributed by atoms with van der Waals surface area (Å²) in [4.78, 5) is 15.3. The van der Waals surface area contributed by atoms with E-state index < -0.39 is 0 Å². The van der Waals surface area contributed by atoms with E-state index in [1.54, 1.807) is 6.08 Å². The first-order chi connectivity index (χ1) is 12.2.